The third-order valence-electron chi connectivity index (χ3n) is 4.84. The lowest BCUT2D eigenvalue weighted by Gasteiger charge is -2.10. The summed E-state index contributed by atoms with van der Waals surface area (Å²) in [4.78, 5) is 37.9. The molecule has 9 heteroatoms. The summed E-state index contributed by atoms with van der Waals surface area (Å²) in [6, 6.07) is 19.1. The van der Waals surface area contributed by atoms with Crippen LogP contribution in [0.2, 0.25) is 0 Å². The lowest BCUT2D eigenvalue weighted by molar-refractivity contribution is 0.0459. The molecule has 1 aromatic heterocycles. The average molecular weight is 457 g/mol. The number of carbonyl (C=O) groups excluding carboxylic acids is 2. The Hall–Kier alpha value is -4.66. The minimum atomic E-state index is -0.705. The molecule has 0 aliphatic rings. The molecule has 8 nitrogen and oxygen atoms in total. The number of benzene rings is 3. The second-order valence-electron chi connectivity index (χ2n) is 7.38. The minimum absolute atomic E-state index is 0.0828. The molecular formula is C25H20FN5O3. The maximum Gasteiger partial charge on any atom is 0.339 e. The van der Waals surface area contributed by atoms with Crippen LogP contribution < -0.4 is 11.1 Å². The van der Waals surface area contributed by atoms with Gasteiger partial charge in [0.05, 0.1) is 5.56 Å². The van der Waals surface area contributed by atoms with Crippen molar-refractivity contribution < 1.29 is 18.7 Å². The first kappa shape index (κ1) is 22.5. The van der Waals surface area contributed by atoms with Crippen LogP contribution in [0.1, 0.15) is 37.7 Å². The lowest BCUT2D eigenvalue weighted by atomic mass is 9.98. The summed E-state index contributed by atoms with van der Waals surface area (Å²) in [5.41, 5.74) is 8.13. The Morgan fingerprint density at radius 3 is 2.29 bits per heavy atom. The zero-order chi connectivity index (χ0) is 24.1. The third-order valence-corrected chi connectivity index (χ3v) is 4.84. The normalized spacial score (nSPS) is 10.5. The maximum atomic E-state index is 13.1. The van der Waals surface area contributed by atoms with Crippen molar-refractivity contribution in [2.75, 3.05) is 11.1 Å². The molecule has 0 spiro atoms. The molecule has 4 rings (SSSR count). The van der Waals surface area contributed by atoms with Gasteiger partial charge < -0.3 is 15.8 Å². The molecule has 0 aliphatic heterocycles. The van der Waals surface area contributed by atoms with Gasteiger partial charge in [0.2, 0.25) is 11.9 Å². The summed E-state index contributed by atoms with van der Waals surface area (Å²) in [6.45, 7) is 1.63. The number of hydrogen-bond acceptors (Lipinski definition) is 8. The Bertz CT molecular complexity index is 1340. The van der Waals surface area contributed by atoms with E-state index < -0.39 is 5.97 Å². The molecule has 3 N–H and O–H groups in total. The number of nitrogens with one attached hydrogen (secondary N) is 1. The van der Waals surface area contributed by atoms with E-state index in [-0.39, 0.29) is 47.1 Å². The number of halogens is 1. The van der Waals surface area contributed by atoms with Gasteiger partial charge in [-0.1, -0.05) is 48.0 Å². The van der Waals surface area contributed by atoms with Gasteiger partial charge in [0.1, 0.15) is 5.82 Å². The van der Waals surface area contributed by atoms with Crippen molar-refractivity contribution in [1.29, 1.82) is 0 Å². The van der Waals surface area contributed by atoms with Crippen LogP contribution in [0.25, 0.3) is 0 Å². The Balaban J connectivity index is 1.49. The molecule has 0 unspecified atom stereocenters. The zero-order valence-electron chi connectivity index (χ0n) is 18.2. The summed E-state index contributed by atoms with van der Waals surface area (Å²) in [5.74, 6) is -1.24. The van der Waals surface area contributed by atoms with Crippen molar-refractivity contribution in [2.24, 2.45) is 0 Å². The van der Waals surface area contributed by atoms with Crippen LogP contribution in [-0.4, -0.2) is 26.7 Å². The molecule has 3 aromatic carbocycles. The van der Waals surface area contributed by atoms with Gasteiger partial charge in [-0.05, 0) is 37.3 Å². The molecule has 0 saturated heterocycles. The van der Waals surface area contributed by atoms with Crippen LogP contribution in [0.3, 0.4) is 0 Å². The van der Waals surface area contributed by atoms with E-state index in [9.17, 15) is 14.0 Å². The number of aryl methyl sites for hydroxylation is 1. The van der Waals surface area contributed by atoms with Gasteiger partial charge in [0.15, 0.2) is 18.2 Å². The van der Waals surface area contributed by atoms with E-state index in [4.69, 9.17) is 10.5 Å². The molecule has 170 valence electrons. The number of anilines is 3. The van der Waals surface area contributed by atoms with Gasteiger partial charge in [-0.25, -0.2) is 9.18 Å². The monoisotopic (exact) mass is 457 g/mol. The van der Waals surface area contributed by atoms with E-state index in [0.717, 1.165) is 5.56 Å². The largest absolute Gasteiger partial charge is 0.454 e. The number of ether oxygens (including phenoxy) is 1. The molecule has 0 bridgehead atoms. The summed E-state index contributed by atoms with van der Waals surface area (Å²) >= 11 is 0. The highest BCUT2D eigenvalue weighted by atomic mass is 19.1. The summed E-state index contributed by atoms with van der Waals surface area (Å²) in [6.07, 6.45) is 0. The van der Waals surface area contributed by atoms with Crippen molar-refractivity contribution in [1.82, 2.24) is 15.0 Å². The zero-order valence-corrected chi connectivity index (χ0v) is 18.2. The number of rotatable bonds is 7. The molecule has 4 aromatic rings. The van der Waals surface area contributed by atoms with Gasteiger partial charge in [-0.15, -0.1) is 0 Å². The Morgan fingerprint density at radius 2 is 1.59 bits per heavy atom. The fourth-order valence-corrected chi connectivity index (χ4v) is 3.15. The van der Waals surface area contributed by atoms with Gasteiger partial charge in [0.25, 0.3) is 0 Å². The van der Waals surface area contributed by atoms with Gasteiger partial charge in [-0.3, -0.25) is 4.79 Å². The molecule has 0 aliphatic carbocycles. The van der Waals surface area contributed by atoms with Crippen molar-refractivity contribution in [3.8, 4) is 0 Å². The summed E-state index contributed by atoms with van der Waals surface area (Å²) < 4.78 is 18.5. The van der Waals surface area contributed by atoms with Crippen LogP contribution in [0.15, 0.2) is 72.8 Å². The fraction of sp³-hybridized carbons (Fsp3) is 0.0800. The van der Waals surface area contributed by atoms with Gasteiger partial charge in [-0.2, -0.15) is 15.0 Å². The van der Waals surface area contributed by atoms with E-state index in [0.29, 0.717) is 11.3 Å². The maximum absolute atomic E-state index is 13.1. The number of aromatic nitrogens is 3. The van der Waals surface area contributed by atoms with Crippen LogP contribution in [0.4, 0.5) is 22.0 Å². The van der Waals surface area contributed by atoms with E-state index in [2.05, 4.69) is 20.3 Å². The van der Waals surface area contributed by atoms with Crippen LogP contribution in [0.5, 0.6) is 0 Å². The molecule has 34 heavy (non-hydrogen) atoms. The predicted molar refractivity (Wildman–Crippen MR) is 124 cm³/mol. The smallest absolute Gasteiger partial charge is 0.339 e. The van der Waals surface area contributed by atoms with E-state index in [1.54, 1.807) is 30.3 Å². The highest BCUT2D eigenvalue weighted by Crippen LogP contribution is 2.18. The van der Waals surface area contributed by atoms with Crippen molar-refractivity contribution in [3.63, 3.8) is 0 Å². The second kappa shape index (κ2) is 9.86. The Labute approximate surface area is 194 Å². The van der Waals surface area contributed by atoms with Crippen molar-refractivity contribution in [2.45, 2.75) is 13.5 Å². The molecule has 0 atom stereocenters. The Morgan fingerprint density at radius 1 is 0.912 bits per heavy atom. The first-order chi connectivity index (χ1) is 16.4. The number of carbonyl (C=O) groups is 2. The first-order valence-electron chi connectivity index (χ1n) is 10.3. The average Bonchev–Trinajstić information content (AvgIpc) is 2.84. The van der Waals surface area contributed by atoms with E-state index in [1.807, 2.05) is 19.1 Å². The number of esters is 1. The van der Waals surface area contributed by atoms with Crippen LogP contribution in [0, 0.1) is 12.7 Å². The molecule has 0 fully saturated rings. The third kappa shape index (κ3) is 5.39. The number of nitrogens with two attached hydrogens (primary N) is 1. The molecule has 0 saturated carbocycles. The SMILES string of the molecule is Cc1ccc(C(=O)c2ccccc2C(=O)OCc2nc(N)nc(Nc3ccc(F)cc3)n2)cc1. The number of hydrogen-bond donors (Lipinski definition) is 2. The molecule has 0 radical (unpaired) electrons. The Kier molecular flexibility index (Phi) is 6.54. The van der Waals surface area contributed by atoms with Gasteiger partial charge in [0, 0.05) is 16.8 Å². The number of ketones is 1. The summed E-state index contributed by atoms with van der Waals surface area (Å²) in [7, 11) is 0. The first-order valence-corrected chi connectivity index (χ1v) is 10.3. The number of nitrogen functional groups attached to an aromatic ring is 1. The predicted octanol–water partition coefficient (Wildman–Crippen LogP) is 4.23. The standard InChI is InChI=1S/C25H20FN5O3/c1-15-6-8-16(9-7-15)22(32)19-4-2-3-5-20(19)23(33)34-14-21-29-24(27)31-25(30-21)28-18-12-10-17(26)11-13-18/h2-13H,14H2,1H3,(H3,27,28,29,30,31). The summed E-state index contributed by atoms with van der Waals surface area (Å²) in [5, 5.41) is 2.88. The van der Waals surface area contributed by atoms with Crippen molar-refractivity contribution in [3.05, 3.63) is 107 Å². The van der Waals surface area contributed by atoms with Crippen molar-refractivity contribution >= 4 is 29.3 Å². The minimum Gasteiger partial charge on any atom is -0.454 e. The van der Waals surface area contributed by atoms with Crippen LogP contribution >= 0.6 is 0 Å². The molecule has 1 heterocycles. The molecular weight excluding hydrogens is 437 g/mol. The molecule has 0 amide bonds. The topological polar surface area (TPSA) is 120 Å². The van der Waals surface area contributed by atoms with E-state index in [1.165, 1.54) is 30.3 Å². The van der Waals surface area contributed by atoms with Gasteiger partial charge >= 0.3 is 5.97 Å². The fourth-order valence-electron chi connectivity index (χ4n) is 3.15. The second-order valence-corrected chi connectivity index (χ2v) is 7.38. The number of nitrogens with zero attached hydrogens (tertiary/aromatic N) is 3. The van der Waals surface area contributed by atoms with Crippen LogP contribution in [-0.2, 0) is 11.3 Å². The van der Waals surface area contributed by atoms with E-state index >= 15 is 0 Å². The highest BCUT2D eigenvalue weighted by molar-refractivity contribution is 6.14. The highest BCUT2D eigenvalue weighted by Gasteiger charge is 2.19. The quantitative estimate of drug-likeness (QED) is 0.312. The lowest BCUT2D eigenvalue weighted by Crippen LogP contribution is -2.14.